The summed E-state index contributed by atoms with van der Waals surface area (Å²) in [6, 6.07) is 8.21. The summed E-state index contributed by atoms with van der Waals surface area (Å²) in [6.07, 6.45) is 0. The Hall–Kier alpha value is -1.06. The number of hydrogen-bond donors (Lipinski definition) is 1. The molecule has 0 saturated carbocycles. The van der Waals surface area contributed by atoms with E-state index in [0.29, 0.717) is 17.8 Å². The van der Waals surface area contributed by atoms with Gasteiger partial charge in [0.05, 0.1) is 6.61 Å². The van der Waals surface area contributed by atoms with Gasteiger partial charge in [0.25, 0.3) is 0 Å². The third-order valence-electron chi connectivity index (χ3n) is 3.09. The zero-order valence-corrected chi connectivity index (χ0v) is 11.2. The van der Waals surface area contributed by atoms with Crippen LogP contribution in [0.5, 0.6) is 5.75 Å². The van der Waals surface area contributed by atoms with Crippen molar-refractivity contribution in [3.63, 3.8) is 0 Å². The summed E-state index contributed by atoms with van der Waals surface area (Å²) in [5, 5.41) is 9.29. The maximum absolute atomic E-state index is 9.29. The van der Waals surface area contributed by atoms with E-state index >= 15 is 0 Å². The molecule has 17 heavy (non-hydrogen) atoms. The highest BCUT2D eigenvalue weighted by Gasteiger charge is 2.18. The molecule has 0 aliphatic rings. The second-order valence-corrected chi connectivity index (χ2v) is 4.59. The summed E-state index contributed by atoms with van der Waals surface area (Å²) in [5.41, 5.74) is 1.22. The summed E-state index contributed by atoms with van der Waals surface area (Å²) in [7, 11) is 1.73. The van der Waals surface area contributed by atoms with E-state index in [0.717, 1.165) is 13.2 Å². The first kappa shape index (κ1) is 14.0. The van der Waals surface area contributed by atoms with Crippen LogP contribution >= 0.6 is 0 Å². The summed E-state index contributed by atoms with van der Waals surface area (Å²) >= 11 is 0. The first-order chi connectivity index (χ1) is 8.06. The van der Waals surface area contributed by atoms with Crippen molar-refractivity contribution in [2.75, 3.05) is 20.3 Å². The Morgan fingerprint density at radius 1 is 1.18 bits per heavy atom. The Kier molecular flexibility index (Phi) is 5.45. The van der Waals surface area contributed by atoms with Crippen LogP contribution in [0.25, 0.3) is 0 Å². The van der Waals surface area contributed by atoms with Crippen LogP contribution in [0.15, 0.2) is 24.3 Å². The predicted octanol–water partition coefficient (Wildman–Crippen LogP) is 2.81. The molecule has 1 unspecified atom stereocenters. The minimum Gasteiger partial charge on any atom is -0.508 e. The second kappa shape index (κ2) is 6.62. The Bertz CT molecular complexity index is 321. The van der Waals surface area contributed by atoms with E-state index in [-0.39, 0.29) is 0 Å². The van der Waals surface area contributed by atoms with E-state index in [1.165, 1.54) is 5.56 Å². The zero-order valence-electron chi connectivity index (χ0n) is 11.2. The zero-order chi connectivity index (χ0) is 12.8. The van der Waals surface area contributed by atoms with Gasteiger partial charge in [0, 0.05) is 25.7 Å². The van der Waals surface area contributed by atoms with Crippen LogP contribution in [-0.2, 0) is 4.74 Å². The third-order valence-corrected chi connectivity index (χ3v) is 3.09. The molecule has 0 spiro atoms. The fourth-order valence-corrected chi connectivity index (χ4v) is 2.04. The first-order valence-electron chi connectivity index (χ1n) is 6.10. The summed E-state index contributed by atoms with van der Waals surface area (Å²) in [5.74, 6) is 0.314. The van der Waals surface area contributed by atoms with E-state index in [1.807, 2.05) is 12.1 Å². The van der Waals surface area contributed by atoms with Crippen molar-refractivity contribution >= 4 is 0 Å². The lowest BCUT2D eigenvalue weighted by Gasteiger charge is -2.32. The molecule has 96 valence electrons. The second-order valence-electron chi connectivity index (χ2n) is 4.59. The molecule has 0 bridgehead atoms. The molecule has 3 heteroatoms. The third kappa shape index (κ3) is 4.02. The highest BCUT2D eigenvalue weighted by atomic mass is 16.5. The number of hydrogen-bond acceptors (Lipinski definition) is 3. The number of ether oxygens (including phenoxy) is 1. The number of aromatic hydroxyl groups is 1. The van der Waals surface area contributed by atoms with Crippen LogP contribution in [0, 0.1) is 0 Å². The predicted molar refractivity (Wildman–Crippen MR) is 70.2 cm³/mol. The lowest BCUT2D eigenvalue weighted by Crippen LogP contribution is -2.36. The molecule has 1 aromatic rings. The van der Waals surface area contributed by atoms with Crippen LogP contribution in [0.4, 0.5) is 0 Å². The molecule has 3 nitrogen and oxygen atoms in total. The minimum absolute atomic E-state index is 0.314. The van der Waals surface area contributed by atoms with Gasteiger partial charge in [-0.05, 0) is 38.5 Å². The van der Waals surface area contributed by atoms with E-state index in [1.54, 1.807) is 19.2 Å². The maximum Gasteiger partial charge on any atom is 0.115 e. The molecular weight excluding hydrogens is 214 g/mol. The van der Waals surface area contributed by atoms with E-state index in [9.17, 15) is 5.11 Å². The van der Waals surface area contributed by atoms with Crippen molar-refractivity contribution in [1.82, 2.24) is 4.90 Å². The topological polar surface area (TPSA) is 32.7 Å². The average molecular weight is 237 g/mol. The maximum atomic E-state index is 9.29. The molecule has 1 aromatic carbocycles. The fraction of sp³-hybridized carbons (Fsp3) is 0.571. The van der Waals surface area contributed by atoms with Crippen molar-refractivity contribution < 1.29 is 9.84 Å². The van der Waals surface area contributed by atoms with Gasteiger partial charge in [-0.25, -0.2) is 0 Å². The molecule has 0 aliphatic carbocycles. The Balaban J connectivity index is 2.76. The number of benzene rings is 1. The molecule has 1 atom stereocenters. The largest absolute Gasteiger partial charge is 0.508 e. The standard InChI is InChI=1S/C14H23NO2/c1-11(2)15(9-10-17-4)12(3)13-5-7-14(16)8-6-13/h5-8,11-12,16H,9-10H2,1-4H3. The quantitative estimate of drug-likeness (QED) is 0.825. The smallest absolute Gasteiger partial charge is 0.115 e. The van der Waals surface area contributed by atoms with Crippen LogP contribution in [0.3, 0.4) is 0 Å². The number of nitrogens with zero attached hydrogens (tertiary/aromatic N) is 1. The summed E-state index contributed by atoms with van der Waals surface area (Å²) in [4.78, 5) is 2.38. The molecule has 0 aromatic heterocycles. The van der Waals surface area contributed by atoms with Crippen molar-refractivity contribution in [2.45, 2.75) is 32.9 Å². The van der Waals surface area contributed by atoms with Crippen molar-refractivity contribution in [2.24, 2.45) is 0 Å². The van der Waals surface area contributed by atoms with Crippen molar-refractivity contribution in [3.8, 4) is 5.75 Å². The molecule has 0 aliphatic heterocycles. The van der Waals surface area contributed by atoms with E-state index < -0.39 is 0 Å². The van der Waals surface area contributed by atoms with E-state index in [2.05, 4.69) is 25.7 Å². The minimum atomic E-state index is 0.314. The van der Waals surface area contributed by atoms with Crippen molar-refractivity contribution in [1.29, 1.82) is 0 Å². The molecular formula is C14H23NO2. The first-order valence-corrected chi connectivity index (χ1v) is 6.10. The Morgan fingerprint density at radius 2 is 1.76 bits per heavy atom. The van der Waals surface area contributed by atoms with Crippen LogP contribution < -0.4 is 0 Å². The number of phenolic OH excluding ortho intramolecular Hbond substituents is 1. The molecule has 0 radical (unpaired) electrons. The van der Waals surface area contributed by atoms with Gasteiger partial charge >= 0.3 is 0 Å². The number of methoxy groups -OCH3 is 1. The van der Waals surface area contributed by atoms with Gasteiger partial charge < -0.3 is 9.84 Å². The lowest BCUT2D eigenvalue weighted by atomic mass is 10.1. The molecule has 0 amide bonds. The van der Waals surface area contributed by atoms with Gasteiger partial charge in [-0.3, -0.25) is 4.90 Å². The van der Waals surface area contributed by atoms with Gasteiger partial charge in [0.2, 0.25) is 0 Å². The molecule has 1 rings (SSSR count). The van der Waals surface area contributed by atoms with Gasteiger partial charge in [-0.15, -0.1) is 0 Å². The summed E-state index contributed by atoms with van der Waals surface area (Å²) < 4.78 is 5.15. The average Bonchev–Trinajstić information content (AvgIpc) is 2.29. The van der Waals surface area contributed by atoms with Gasteiger partial charge in [0.15, 0.2) is 0 Å². The highest BCUT2D eigenvalue weighted by molar-refractivity contribution is 5.27. The SMILES string of the molecule is COCCN(C(C)C)C(C)c1ccc(O)cc1. The lowest BCUT2D eigenvalue weighted by molar-refractivity contribution is 0.102. The monoisotopic (exact) mass is 237 g/mol. The number of phenols is 1. The summed E-state index contributed by atoms with van der Waals surface area (Å²) in [6.45, 7) is 8.21. The van der Waals surface area contributed by atoms with Crippen LogP contribution in [0.2, 0.25) is 0 Å². The van der Waals surface area contributed by atoms with Crippen LogP contribution in [-0.4, -0.2) is 36.3 Å². The van der Waals surface area contributed by atoms with Gasteiger partial charge in [-0.2, -0.15) is 0 Å². The van der Waals surface area contributed by atoms with Crippen molar-refractivity contribution in [3.05, 3.63) is 29.8 Å². The normalized spacial score (nSPS) is 13.3. The molecule has 0 heterocycles. The van der Waals surface area contributed by atoms with E-state index in [4.69, 9.17) is 4.74 Å². The number of rotatable bonds is 6. The fourth-order valence-electron chi connectivity index (χ4n) is 2.04. The Morgan fingerprint density at radius 3 is 2.24 bits per heavy atom. The molecule has 0 saturated heterocycles. The molecule has 1 N–H and O–H groups in total. The molecule has 0 fully saturated rings. The Labute approximate surface area is 104 Å². The van der Waals surface area contributed by atoms with Gasteiger partial charge in [0.1, 0.15) is 5.75 Å². The van der Waals surface area contributed by atoms with Crippen LogP contribution in [0.1, 0.15) is 32.4 Å². The highest BCUT2D eigenvalue weighted by Crippen LogP contribution is 2.23. The van der Waals surface area contributed by atoms with Gasteiger partial charge in [-0.1, -0.05) is 12.1 Å².